The highest BCUT2D eigenvalue weighted by molar-refractivity contribution is 5.72. The summed E-state index contributed by atoms with van der Waals surface area (Å²) in [5, 5.41) is 0. The van der Waals surface area contributed by atoms with Gasteiger partial charge < -0.3 is 9.47 Å². The molecule has 0 spiro atoms. The maximum atomic E-state index is 13.6. The Bertz CT molecular complexity index is 1080. The SMILES string of the molecule is COC(=O)C1CCN2C[C@H](O[C@H](C)c3cc(C(F)(F)F)cc(C(F)(F)F)c3)[C@@H](c3ccc(F)cc3)[C@@H]2C1. The van der Waals surface area contributed by atoms with Crippen LogP contribution in [0.3, 0.4) is 0 Å². The summed E-state index contributed by atoms with van der Waals surface area (Å²) in [6.07, 6.45) is -10.7. The molecule has 0 radical (unpaired) electrons. The second-order valence-electron chi connectivity index (χ2n) is 9.54. The summed E-state index contributed by atoms with van der Waals surface area (Å²) in [6, 6.07) is 6.94. The molecule has 0 saturated carbocycles. The van der Waals surface area contributed by atoms with Gasteiger partial charge in [-0.1, -0.05) is 12.1 Å². The molecule has 2 fully saturated rings. The van der Waals surface area contributed by atoms with E-state index in [1.54, 1.807) is 12.1 Å². The number of halogens is 7. The fraction of sp³-hybridized carbons (Fsp3) is 0.500. The number of carbonyl (C=O) groups is 1. The van der Waals surface area contributed by atoms with Gasteiger partial charge in [-0.15, -0.1) is 0 Å². The molecule has 2 aliphatic rings. The molecule has 11 heteroatoms. The number of hydrogen-bond acceptors (Lipinski definition) is 4. The molecule has 2 saturated heterocycles. The predicted molar refractivity (Wildman–Crippen MR) is 119 cm³/mol. The summed E-state index contributed by atoms with van der Waals surface area (Å²) >= 11 is 0. The maximum Gasteiger partial charge on any atom is 0.416 e. The first-order valence-corrected chi connectivity index (χ1v) is 11.8. The quantitative estimate of drug-likeness (QED) is 0.331. The Morgan fingerprint density at radius 3 is 2.14 bits per heavy atom. The summed E-state index contributed by atoms with van der Waals surface area (Å²) in [4.78, 5) is 14.3. The molecule has 0 bridgehead atoms. The van der Waals surface area contributed by atoms with Gasteiger partial charge >= 0.3 is 18.3 Å². The van der Waals surface area contributed by atoms with E-state index < -0.39 is 41.5 Å². The lowest BCUT2D eigenvalue weighted by Crippen LogP contribution is -2.42. The Hall–Kier alpha value is -2.66. The molecule has 2 aliphatic heterocycles. The van der Waals surface area contributed by atoms with Crippen LogP contribution < -0.4 is 0 Å². The van der Waals surface area contributed by atoms with Crippen LogP contribution in [0, 0.1) is 11.7 Å². The molecule has 37 heavy (non-hydrogen) atoms. The predicted octanol–water partition coefficient (Wildman–Crippen LogP) is 6.36. The zero-order chi connectivity index (χ0) is 27.1. The second kappa shape index (κ2) is 10.2. The molecule has 202 valence electrons. The van der Waals surface area contributed by atoms with Crippen LogP contribution in [0.2, 0.25) is 0 Å². The molecule has 2 aromatic rings. The lowest BCUT2D eigenvalue weighted by atomic mass is 9.82. The number of hydrogen-bond donors (Lipinski definition) is 0. The summed E-state index contributed by atoms with van der Waals surface area (Å²) in [5.41, 5.74) is -2.37. The Morgan fingerprint density at radius 1 is 1.00 bits per heavy atom. The summed E-state index contributed by atoms with van der Waals surface area (Å²) in [7, 11) is 1.30. The molecular formula is C26H26F7NO3. The minimum absolute atomic E-state index is 0.0837. The minimum Gasteiger partial charge on any atom is -0.469 e. The topological polar surface area (TPSA) is 38.8 Å². The number of alkyl halides is 6. The van der Waals surface area contributed by atoms with E-state index in [2.05, 4.69) is 4.90 Å². The van der Waals surface area contributed by atoms with Gasteiger partial charge in [0, 0.05) is 18.5 Å². The molecular weight excluding hydrogens is 507 g/mol. The van der Waals surface area contributed by atoms with E-state index >= 15 is 0 Å². The Labute approximate surface area is 209 Å². The number of benzene rings is 2. The number of fused-ring (bicyclic) bond motifs is 1. The van der Waals surface area contributed by atoms with Crippen molar-refractivity contribution in [2.75, 3.05) is 20.2 Å². The zero-order valence-corrected chi connectivity index (χ0v) is 20.1. The highest BCUT2D eigenvalue weighted by Crippen LogP contribution is 2.44. The lowest BCUT2D eigenvalue weighted by molar-refractivity contribution is -0.148. The molecule has 0 amide bonds. The van der Waals surface area contributed by atoms with Crippen molar-refractivity contribution in [3.8, 4) is 0 Å². The van der Waals surface area contributed by atoms with Crippen LogP contribution in [0.1, 0.15) is 54.0 Å². The minimum atomic E-state index is -4.97. The van der Waals surface area contributed by atoms with Crippen molar-refractivity contribution in [2.24, 2.45) is 5.92 Å². The highest BCUT2D eigenvalue weighted by Gasteiger charge is 2.48. The highest BCUT2D eigenvalue weighted by atomic mass is 19.4. The van der Waals surface area contributed by atoms with Crippen LogP contribution >= 0.6 is 0 Å². The number of esters is 1. The van der Waals surface area contributed by atoms with E-state index in [-0.39, 0.29) is 35.5 Å². The smallest absolute Gasteiger partial charge is 0.416 e. The van der Waals surface area contributed by atoms with Crippen LogP contribution in [0.4, 0.5) is 30.7 Å². The van der Waals surface area contributed by atoms with E-state index in [4.69, 9.17) is 9.47 Å². The van der Waals surface area contributed by atoms with Crippen molar-refractivity contribution in [3.63, 3.8) is 0 Å². The molecule has 0 aliphatic carbocycles. The number of piperidine rings is 1. The first kappa shape index (κ1) is 27.4. The van der Waals surface area contributed by atoms with Crippen molar-refractivity contribution in [1.82, 2.24) is 4.90 Å². The van der Waals surface area contributed by atoms with Gasteiger partial charge in [0.25, 0.3) is 0 Å². The zero-order valence-electron chi connectivity index (χ0n) is 20.1. The molecule has 0 aromatic heterocycles. The van der Waals surface area contributed by atoms with Gasteiger partial charge in [0.2, 0.25) is 0 Å². The molecule has 5 atom stereocenters. The van der Waals surface area contributed by atoms with Crippen LogP contribution in [0.5, 0.6) is 0 Å². The van der Waals surface area contributed by atoms with E-state index in [9.17, 15) is 35.5 Å². The largest absolute Gasteiger partial charge is 0.469 e. The third-order valence-electron chi connectivity index (χ3n) is 7.24. The molecule has 4 rings (SSSR count). The number of methoxy groups -OCH3 is 1. The van der Waals surface area contributed by atoms with Gasteiger partial charge in [-0.3, -0.25) is 9.69 Å². The van der Waals surface area contributed by atoms with Crippen LogP contribution in [-0.4, -0.2) is 43.2 Å². The van der Waals surface area contributed by atoms with Crippen molar-refractivity contribution in [1.29, 1.82) is 0 Å². The monoisotopic (exact) mass is 533 g/mol. The summed E-state index contributed by atoms with van der Waals surface area (Å²) in [5.74, 6) is -1.55. The Morgan fingerprint density at radius 2 is 1.59 bits per heavy atom. The van der Waals surface area contributed by atoms with E-state index in [1.165, 1.54) is 26.2 Å². The number of carbonyl (C=O) groups excluding carboxylic acids is 1. The van der Waals surface area contributed by atoms with Gasteiger partial charge in [0.05, 0.1) is 36.4 Å². The van der Waals surface area contributed by atoms with Gasteiger partial charge in [0.1, 0.15) is 5.82 Å². The van der Waals surface area contributed by atoms with Crippen molar-refractivity contribution in [2.45, 2.75) is 56.3 Å². The summed E-state index contributed by atoms with van der Waals surface area (Å²) < 4.78 is 105. The van der Waals surface area contributed by atoms with Crippen molar-refractivity contribution >= 4 is 5.97 Å². The second-order valence-corrected chi connectivity index (χ2v) is 9.54. The van der Waals surface area contributed by atoms with Gasteiger partial charge in [-0.05, 0) is 67.8 Å². The molecule has 1 unspecified atom stereocenters. The molecule has 2 aromatic carbocycles. The molecule has 2 heterocycles. The first-order valence-electron chi connectivity index (χ1n) is 11.8. The fourth-order valence-corrected chi connectivity index (χ4v) is 5.42. The fourth-order valence-electron chi connectivity index (χ4n) is 5.42. The third-order valence-corrected chi connectivity index (χ3v) is 7.24. The Kier molecular flexibility index (Phi) is 7.58. The normalized spacial score (nSPS) is 25.5. The number of ether oxygens (including phenoxy) is 2. The number of rotatable bonds is 5. The average molecular weight is 533 g/mol. The van der Waals surface area contributed by atoms with Crippen LogP contribution in [0.15, 0.2) is 42.5 Å². The van der Waals surface area contributed by atoms with Gasteiger partial charge in [0.15, 0.2) is 0 Å². The van der Waals surface area contributed by atoms with E-state index in [0.717, 1.165) is 0 Å². The van der Waals surface area contributed by atoms with E-state index in [0.29, 0.717) is 43.6 Å². The van der Waals surface area contributed by atoms with Gasteiger partial charge in [-0.25, -0.2) is 4.39 Å². The van der Waals surface area contributed by atoms with Crippen molar-refractivity contribution in [3.05, 3.63) is 70.5 Å². The van der Waals surface area contributed by atoms with Crippen LogP contribution in [0.25, 0.3) is 0 Å². The molecule has 0 N–H and O–H groups in total. The van der Waals surface area contributed by atoms with Crippen LogP contribution in [-0.2, 0) is 26.6 Å². The van der Waals surface area contributed by atoms with Crippen molar-refractivity contribution < 1.29 is 45.0 Å². The first-order chi connectivity index (χ1) is 17.3. The maximum absolute atomic E-state index is 13.6. The average Bonchev–Trinajstić information content (AvgIpc) is 3.19. The third kappa shape index (κ3) is 5.93. The lowest BCUT2D eigenvalue weighted by Gasteiger charge is -2.36. The molecule has 4 nitrogen and oxygen atoms in total. The Balaban J connectivity index is 1.66. The standard InChI is InChI=1S/C26H26F7NO3/c1-14(17-9-18(25(28,29)30)12-19(10-17)26(31,32)33)37-22-13-34-8-7-16(24(35)36-2)11-21(34)23(22)15-3-5-20(27)6-4-15/h3-6,9-10,12,14,16,21-23H,7-8,11,13H2,1-2H3/t14-,16?,21+,22+,23+/m1/s1. The van der Waals surface area contributed by atoms with Gasteiger partial charge in [-0.2, -0.15) is 26.3 Å². The summed E-state index contributed by atoms with van der Waals surface area (Å²) in [6.45, 7) is 2.31. The van der Waals surface area contributed by atoms with E-state index in [1.807, 2.05) is 0 Å². The number of nitrogens with zero attached hydrogens (tertiary/aromatic N) is 1.